The van der Waals surface area contributed by atoms with Gasteiger partial charge < -0.3 is 14.6 Å². The molecule has 3 rings (SSSR count). The molecule has 0 spiro atoms. The molecule has 136 valence electrons. The number of hydrogen-bond donors (Lipinski definition) is 1. The van der Waals surface area contributed by atoms with Gasteiger partial charge in [0.2, 0.25) is 0 Å². The van der Waals surface area contributed by atoms with Crippen molar-refractivity contribution < 1.29 is 19.4 Å². The molecule has 0 unspecified atom stereocenters. The van der Waals surface area contributed by atoms with Crippen molar-refractivity contribution in [2.24, 2.45) is 0 Å². The lowest BCUT2D eigenvalue weighted by Gasteiger charge is -2.06. The molecule has 0 heterocycles. The molecular formula is C23H20O4. The number of carbonyl (C=O) groups excluding carboxylic acids is 1. The van der Waals surface area contributed by atoms with E-state index in [1.54, 1.807) is 18.2 Å². The van der Waals surface area contributed by atoms with Gasteiger partial charge in [0.15, 0.2) is 5.78 Å². The van der Waals surface area contributed by atoms with Crippen LogP contribution in [0.3, 0.4) is 0 Å². The molecule has 0 aliphatic rings. The Morgan fingerprint density at radius 2 is 1.67 bits per heavy atom. The molecule has 0 amide bonds. The van der Waals surface area contributed by atoms with E-state index in [1.807, 2.05) is 54.6 Å². The van der Waals surface area contributed by atoms with Gasteiger partial charge in [-0.1, -0.05) is 48.5 Å². The largest absolute Gasteiger partial charge is 0.507 e. The molecule has 0 aromatic heterocycles. The van der Waals surface area contributed by atoms with Crippen molar-refractivity contribution in [2.45, 2.75) is 6.61 Å². The fourth-order valence-electron chi connectivity index (χ4n) is 2.52. The predicted octanol–water partition coefficient (Wildman–Crippen LogP) is 4.88. The van der Waals surface area contributed by atoms with Crippen LogP contribution in [0.1, 0.15) is 21.5 Å². The molecule has 4 nitrogen and oxygen atoms in total. The first-order valence-corrected chi connectivity index (χ1v) is 8.52. The zero-order chi connectivity index (χ0) is 19.1. The molecule has 27 heavy (non-hydrogen) atoms. The second-order valence-corrected chi connectivity index (χ2v) is 5.92. The van der Waals surface area contributed by atoms with Crippen molar-refractivity contribution in [3.63, 3.8) is 0 Å². The van der Waals surface area contributed by atoms with Crippen LogP contribution in [0.15, 0.2) is 78.9 Å². The van der Waals surface area contributed by atoms with Gasteiger partial charge in [0.1, 0.15) is 23.9 Å². The van der Waals surface area contributed by atoms with Crippen LogP contribution in [0.4, 0.5) is 0 Å². The highest BCUT2D eigenvalue weighted by Crippen LogP contribution is 2.24. The highest BCUT2D eigenvalue weighted by Gasteiger charge is 2.09. The lowest BCUT2D eigenvalue weighted by molar-refractivity contribution is 0.104. The second-order valence-electron chi connectivity index (χ2n) is 5.92. The number of methoxy groups -OCH3 is 1. The molecule has 0 radical (unpaired) electrons. The highest BCUT2D eigenvalue weighted by atomic mass is 16.5. The Morgan fingerprint density at radius 3 is 2.33 bits per heavy atom. The summed E-state index contributed by atoms with van der Waals surface area (Å²) in [4.78, 5) is 12.3. The first-order chi connectivity index (χ1) is 13.2. The average molecular weight is 360 g/mol. The van der Waals surface area contributed by atoms with Crippen LogP contribution in [0.25, 0.3) is 6.08 Å². The molecule has 0 saturated carbocycles. The Hall–Kier alpha value is -3.53. The second kappa shape index (κ2) is 8.72. The van der Waals surface area contributed by atoms with Crippen molar-refractivity contribution in [3.05, 3.63) is 95.6 Å². The van der Waals surface area contributed by atoms with Crippen LogP contribution in [0.5, 0.6) is 17.2 Å². The number of carbonyl (C=O) groups is 1. The van der Waals surface area contributed by atoms with Crippen molar-refractivity contribution in [1.29, 1.82) is 0 Å². The van der Waals surface area contributed by atoms with Gasteiger partial charge in [-0.05, 0) is 41.5 Å². The minimum Gasteiger partial charge on any atom is -0.507 e. The number of phenolic OH excluding ortho intramolecular Hbond substituents is 1. The van der Waals surface area contributed by atoms with E-state index >= 15 is 0 Å². The number of ether oxygens (including phenoxy) is 2. The third-order valence-corrected chi connectivity index (χ3v) is 4.03. The monoisotopic (exact) mass is 360 g/mol. The van der Waals surface area contributed by atoms with Gasteiger partial charge in [-0.25, -0.2) is 0 Å². The maximum atomic E-state index is 12.3. The summed E-state index contributed by atoms with van der Waals surface area (Å²) in [6.07, 6.45) is 3.13. The predicted molar refractivity (Wildman–Crippen MR) is 105 cm³/mol. The van der Waals surface area contributed by atoms with Crippen LogP contribution in [0, 0.1) is 0 Å². The third-order valence-electron chi connectivity index (χ3n) is 4.03. The summed E-state index contributed by atoms with van der Waals surface area (Å²) in [6.45, 7) is 0.505. The summed E-state index contributed by atoms with van der Waals surface area (Å²) in [7, 11) is 1.50. The van der Waals surface area contributed by atoms with Gasteiger partial charge in [0, 0.05) is 6.07 Å². The summed E-state index contributed by atoms with van der Waals surface area (Å²) in [6, 6.07) is 22.0. The molecule has 3 aromatic rings. The smallest absolute Gasteiger partial charge is 0.189 e. The Balaban J connectivity index is 1.61. The van der Waals surface area contributed by atoms with E-state index in [0.29, 0.717) is 12.4 Å². The molecular weight excluding hydrogens is 340 g/mol. The van der Waals surface area contributed by atoms with Crippen molar-refractivity contribution >= 4 is 11.9 Å². The summed E-state index contributed by atoms with van der Waals surface area (Å²) in [5.41, 5.74) is 2.20. The van der Waals surface area contributed by atoms with E-state index < -0.39 is 0 Å². The molecule has 0 atom stereocenters. The first-order valence-electron chi connectivity index (χ1n) is 8.52. The average Bonchev–Trinajstić information content (AvgIpc) is 2.72. The van der Waals surface area contributed by atoms with Gasteiger partial charge >= 0.3 is 0 Å². The van der Waals surface area contributed by atoms with Gasteiger partial charge in [-0.3, -0.25) is 4.79 Å². The van der Waals surface area contributed by atoms with Crippen LogP contribution < -0.4 is 9.47 Å². The maximum absolute atomic E-state index is 12.3. The molecule has 0 saturated heterocycles. The number of rotatable bonds is 7. The molecule has 1 N–H and O–H groups in total. The Bertz CT molecular complexity index is 928. The quantitative estimate of drug-likeness (QED) is 0.482. The van der Waals surface area contributed by atoms with Crippen LogP contribution in [0.2, 0.25) is 0 Å². The Morgan fingerprint density at radius 1 is 0.963 bits per heavy atom. The fraction of sp³-hybridized carbons (Fsp3) is 0.0870. The Kier molecular flexibility index (Phi) is 5.90. The zero-order valence-corrected chi connectivity index (χ0v) is 15.0. The van der Waals surface area contributed by atoms with Gasteiger partial charge in [0.05, 0.1) is 12.7 Å². The number of benzene rings is 3. The minimum absolute atomic E-state index is 0.103. The van der Waals surface area contributed by atoms with Gasteiger partial charge in [-0.2, -0.15) is 0 Å². The molecule has 4 heteroatoms. The topological polar surface area (TPSA) is 55.8 Å². The molecule has 0 aliphatic carbocycles. The molecule has 0 aliphatic heterocycles. The van der Waals surface area contributed by atoms with E-state index in [4.69, 9.17) is 9.47 Å². The van der Waals surface area contributed by atoms with E-state index in [-0.39, 0.29) is 17.1 Å². The highest BCUT2D eigenvalue weighted by molar-refractivity contribution is 6.08. The van der Waals surface area contributed by atoms with Crippen molar-refractivity contribution in [2.75, 3.05) is 7.11 Å². The summed E-state index contributed by atoms with van der Waals surface area (Å²) < 4.78 is 10.8. The number of phenols is 1. The standard InChI is InChI=1S/C23H20O4/c1-26-20-12-13-21(23(25)15-20)22(24)14-9-17-7-10-19(11-8-17)27-16-18-5-3-2-4-6-18/h2-15,25H,16H2,1H3/b14-9+. The third kappa shape index (κ3) is 4.98. The minimum atomic E-state index is -0.278. The fourth-order valence-corrected chi connectivity index (χ4v) is 2.52. The summed E-state index contributed by atoms with van der Waals surface area (Å²) in [5.74, 6) is 0.877. The first kappa shape index (κ1) is 18.3. The molecule has 0 bridgehead atoms. The van der Waals surface area contributed by atoms with Crippen LogP contribution in [-0.2, 0) is 6.61 Å². The number of ketones is 1. The van der Waals surface area contributed by atoms with E-state index in [1.165, 1.54) is 19.3 Å². The SMILES string of the molecule is COc1ccc(C(=O)/C=C/c2ccc(OCc3ccccc3)cc2)c(O)c1. The lowest BCUT2D eigenvalue weighted by atomic mass is 10.1. The number of aromatic hydroxyl groups is 1. The Labute approximate surface area is 158 Å². The maximum Gasteiger partial charge on any atom is 0.189 e. The lowest BCUT2D eigenvalue weighted by Crippen LogP contribution is -1.96. The van der Waals surface area contributed by atoms with Crippen LogP contribution >= 0.6 is 0 Å². The number of hydrogen-bond acceptors (Lipinski definition) is 4. The molecule has 3 aromatic carbocycles. The van der Waals surface area contributed by atoms with Gasteiger partial charge in [-0.15, -0.1) is 0 Å². The van der Waals surface area contributed by atoms with E-state index in [2.05, 4.69) is 0 Å². The van der Waals surface area contributed by atoms with E-state index in [0.717, 1.165) is 16.9 Å². The van der Waals surface area contributed by atoms with Gasteiger partial charge in [0.25, 0.3) is 0 Å². The van der Waals surface area contributed by atoms with E-state index in [9.17, 15) is 9.90 Å². The summed E-state index contributed by atoms with van der Waals surface area (Å²) in [5, 5.41) is 9.93. The summed E-state index contributed by atoms with van der Waals surface area (Å²) >= 11 is 0. The van der Waals surface area contributed by atoms with Crippen molar-refractivity contribution in [1.82, 2.24) is 0 Å². The number of allylic oxidation sites excluding steroid dienone is 1. The van der Waals surface area contributed by atoms with Crippen molar-refractivity contribution in [3.8, 4) is 17.2 Å². The normalized spacial score (nSPS) is 10.7. The van der Waals surface area contributed by atoms with Crippen LogP contribution in [-0.4, -0.2) is 18.0 Å². The molecule has 0 fully saturated rings. The zero-order valence-electron chi connectivity index (χ0n) is 15.0.